The van der Waals surface area contributed by atoms with Crippen molar-refractivity contribution in [3.63, 3.8) is 0 Å². The van der Waals surface area contributed by atoms with Crippen LogP contribution in [-0.4, -0.2) is 37.4 Å². The second-order valence-electron chi connectivity index (χ2n) is 5.90. The third kappa shape index (κ3) is 4.08. The normalized spacial score (nSPS) is 14.1. The highest BCUT2D eigenvalue weighted by molar-refractivity contribution is 7.89. The molecule has 0 fully saturated rings. The van der Waals surface area contributed by atoms with Crippen LogP contribution in [-0.2, 0) is 23.1 Å². The second kappa shape index (κ2) is 7.42. The molecular weight excluding hydrogens is 286 g/mol. The molecule has 0 aromatic carbocycles. The average molecular weight is 315 g/mol. The van der Waals surface area contributed by atoms with Gasteiger partial charge in [-0.15, -0.1) is 0 Å². The van der Waals surface area contributed by atoms with E-state index in [9.17, 15) is 8.42 Å². The zero-order valence-electron chi connectivity index (χ0n) is 14.0. The molecule has 0 radical (unpaired) electrons. The topological polar surface area (TPSA) is 54.3 Å². The maximum Gasteiger partial charge on any atom is 0.244 e. The Morgan fingerprint density at radius 1 is 1.33 bits per heavy atom. The van der Waals surface area contributed by atoms with E-state index in [4.69, 9.17) is 0 Å². The molecule has 0 spiro atoms. The molecule has 0 aliphatic rings. The number of aromatic nitrogens is 1. The number of rotatable bonds is 8. The molecule has 0 saturated heterocycles. The molecule has 1 rings (SSSR count). The maximum absolute atomic E-state index is 12.7. The molecule has 0 saturated carbocycles. The molecule has 1 aromatic rings. The lowest BCUT2D eigenvalue weighted by atomic mass is 10.1. The van der Waals surface area contributed by atoms with Crippen molar-refractivity contribution in [3.8, 4) is 0 Å². The lowest BCUT2D eigenvalue weighted by Crippen LogP contribution is -2.38. The molecule has 0 aliphatic heterocycles. The van der Waals surface area contributed by atoms with Gasteiger partial charge in [-0.1, -0.05) is 20.8 Å². The molecule has 5 nitrogen and oxygen atoms in total. The fourth-order valence-electron chi connectivity index (χ4n) is 2.25. The zero-order chi connectivity index (χ0) is 16.2. The van der Waals surface area contributed by atoms with Gasteiger partial charge in [-0.2, -0.15) is 4.31 Å². The van der Waals surface area contributed by atoms with Gasteiger partial charge in [-0.05, 0) is 32.4 Å². The van der Waals surface area contributed by atoms with E-state index in [0.717, 1.165) is 18.7 Å². The minimum atomic E-state index is -3.44. The van der Waals surface area contributed by atoms with Gasteiger partial charge in [0.15, 0.2) is 0 Å². The highest BCUT2D eigenvalue weighted by atomic mass is 32.2. The van der Waals surface area contributed by atoms with Gasteiger partial charge in [0.25, 0.3) is 0 Å². The first kappa shape index (κ1) is 18.2. The lowest BCUT2D eigenvalue weighted by Gasteiger charge is -2.26. The standard InChI is InChI=1S/C15H29N3O2S/c1-7-8-18-11-15(9-14(18)10-16-5)21(19,20)17(6)13(4)12(2)3/h9,11-13,16H,7-8,10H2,1-6H3. The van der Waals surface area contributed by atoms with Crippen molar-refractivity contribution in [3.05, 3.63) is 18.0 Å². The number of nitrogens with one attached hydrogen (secondary N) is 1. The number of hydrogen-bond acceptors (Lipinski definition) is 3. The van der Waals surface area contributed by atoms with Crippen LogP contribution in [0.4, 0.5) is 0 Å². The molecule has 1 atom stereocenters. The Morgan fingerprint density at radius 2 is 1.95 bits per heavy atom. The summed E-state index contributed by atoms with van der Waals surface area (Å²) in [6, 6.07) is 1.75. The van der Waals surface area contributed by atoms with Crippen molar-refractivity contribution in [2.24, 2.45) is 5.92 Å². The van der Waals surface area contributed by atoms with Crippen molar-refractivity contribution < 1.29 is 8.42 Å². The maximum atomic E-state index is 12.7. The third-order valence-corrected chi connectivity index (χ3v) is 5.91. The largest absolute Gasteiger partial charge is 0.349 e. The second-order valence-corrected chi connectivity index (χ2v) is 7.89. The number of nitrogens with zero attached hydrogens (tertiary/aromatic N) is 2. The van der Waals surface area contributed by atoms with E-state index in [1.54, 1.807) is 19.3 Å². The Balaban J connectivity index is 3.16. The molecule has 1 N–H and O–H groups in total. The molecule has 1 heterocycles. The molecule has 1 aromatic heterocycles. The molecule has 0 bridgehead atoms. The smallest absolute Gasteiger partial charge is 0.244 e. The summed E-state index contributed by atoms with van der Waals surface area (Å²) >= 11 is 0. The van der Waals surface area contributed by atoms with Gasteiger partial charge in [0, 0.05) is 38.1 Å². The summed E-state index contributed by atoms with van der Waals surface area (Å²) in [5.41, 5.74) is 1.00. The van der Waals surface area contributed by atoms with Gasteiger partial charge in [0.2, 0.25) is 10.0 Å². The van der Waals surface area contributed by atoms with Gasteiger partial charge in [0.1, 0.15) is 4.90 Å². The Kier molecular flexibility index (Phi) is 6.43. The predicted octanol–water partition coefficient (Wildman–Crippen LogP) is 2.28. The Labute approximate surface area is 129 Å². The number of aryl methyl sites for hydroxylation is 1. The van der Waals surface area contributed by atoms with Crippen LogP contribution in [0, 0.1) is 5.92 Å². The molecule has 21 heavy (non-hydrogen) atoms. The van der Waals surface area contributed by atoms with Crippen molar-refractivity contribution in [2.45, 2.75) is 58.1 Å². The lowest BCUT2D eigenvalue weighted by molar-refractivity contribution is 0.315. The quantitative estimate of drug-likeness (QED) is 0.801. The number of hydrogen-bond donors (Lipinski definition) is 1. The Morgan fingerprint density at radius 3 is 2.43 bits per heavy atom. The van der Waals surface area contributed by atoms with Gasteiger partial charge in [-0.3, -0.25) is 0 Å². The molecule has 1 unspecified atom stereocenters. The summed E-state index contributed by atoms with van der Waals surface area (Å²) in [5.74, 6) is 0.277. The van der Waals surface area contributed by atoms with E-state index >= 15 is 0 Å². The predicted molar refractivity (Wildman–Crippen MR) is 86.7 cm³/mol. The fraction of sp³-hybridized carbons (Fsp3) is 0.733. The van der Waals surface area contributed by atoms with Crippen LogP contribution >= 0.6 is 0 Å². The fourth-order valence-corrected chi connectivity index (χ4v) is 3.81. The van der Waals surface area contributed by atoms with Crippen LogP contribution in [0.25, 0.3) is 0 Å². The summed E-state index contributed by atoms with van der Waals surface area (Å²) in [4.78, 5) is 0.385. The van der Waals surface area contributed by atoms with E-state index in [-0.39, 0.29) is 12.0 Å². The first-order chi connectivity index (χ1) is 9.75. The van der Waals surface area contributed by atoms with E-state index < -0.39 is 10.0 Å². The van der Waals surface area contributed by atoms with Crippen molar-refractivity contribution in [1.82, 2.24) is 14.2 Å². The Hall–Kier alpha value is -0.850. The van der Waals surface area contributed by atoms with Gasteiger partial charge in [0.05, 0.1) is 0 Å². The summed E-state index contributed by atoms with van der Waals surface area (Å²) in [5, 5.41) is 3.09. The molecule has 0 aliphatic carbocycles. The first-order valence-electron chi connectivity index (χ1n) is 7.57. The van der Waals surface area contributed by atoms with Gasteiger partial charge >= 0.3 is 0 Å². The van der Waals surface area contributed by atoms with E-state index in [1.807, 2.05) is 32.4 Å². The molecule has 122 valence electrons. The van der Waals surface area contributed by atoms with Crippen molar-refractivity contribution in [1.29, 1.82) is 0 Å². The van der Waals surface area contributed by atoms with E-state index in [0.29, 0.717) is 11.4 Å². The summed E-state index contributed by atoms with van der Waals surface area (Å²) in [6.45, 7) is 9.59. The van der Waals surface area contributed by atoms with Crippen LogP contribution in [0.1, 0.15) is 39.8 Å². The van der Waals surface area contributed by atoms with Crippen LogP contribution < -0.4 is 5.32 Å². The minimum Gasteiger partial charge on any atom is -0.349 e. The van der Waals surface area contributed by atoms with Crippen LogP contribution in [0.3, 0.4) is 0 Å². The van der Waals surface area contributed by atoms with E-state index in [2.05, 4.69) is 12.2 Å². The molecule has 0 amide bonds. The highest BCUT2D eigenvalue weighted by Crippen LogP contribution is 2.22. The van der Waals surface area contributed by atoms with Crippen molar-refractivity contribution >= 4 is 10.0 Å². The molecule has 6 heteroatoms. The Bertz CT molecular complexity index is 526. The SMILES string of the molecule is CCCn1cc(S(=O)(=O)N(C)C(C)C(C)C)cc1CNC. The summed E-state index contributed by atoms with van der Waals surface area (Å²) in [7, 11) is 0.0903. The van der Waals surface area contributed by atoms with Crippen molar-refractivity contribution in [2.75, 3.05) is 14.1 Å². The van der Waals surface area contributed by atoms with Crippen LogP contribution in [0.2, 0.25) is 0 Å². The monoisotopic (exact) mass is 315 g/mol. The first-order valence-corrected chi connectivity index (χ1v) is 9.01. The van der Waals surface area contributed by atoms with Crippen LogP contribution in [0.5, 0.6) is 0 Å². The van der Waals surface area contributed by atoms with E-state index in [1.165, 1.54) is 4.31 Å². The average Bonchev–Trinajstić information content (AvgIpc) is 2.81. The van der Waals surface area contributed by atoms with Crippen LogP contribution in [0.15, 0.2) is 17.2 Å². The third-order valence-electron chi connectivity index (χ3n) is 4.00. The minimum absolute atomic E-state index is 0.0303. The van der Waals surface area contributed by atoms with Gasteiger partial charge < -0.3 is 9.88 Å². The summed E-state index contributed by atoms with van der Waals surface area (Å²) < 4.78 is 29.0. The summed E-state index contributed by atoms with van der Waals surface area (Å²) in [6.07, 6.45) is 2.73. The highest BCUT2D eigenvalue weighted by Gasteiger charge is 2.28. The molecular formula is C15H29N3O2S. The van der Waals surface area contributed by atoms with Gasteiger partial charge in [-0.25, -0.2) is 8.42 Å². The zero-order valence-corrected chi connectivity index (χ0v) is 14.9. The number of sulfonamides is 1.